The number of hydrogen-bond acceptors (Lipinski definition) is 3. The predicted molar refractivity (Wildman–Crippen MR) is 86.4 cm³/mol. The van der Waals surface area contributed by atoms with E-state index in [1.54, 1.807) is 18.3 Å². The van der Waals surface area contributed by atoms with Gasteiger partial charge in [0.15, 0.2) is 0 Å². The molecule has 3 rings (SSSR count). The molecule has 1 heterocycles. The molecule has 0 amide bonds. The van der Waals surface area contributed by atoms with E-state index in [9.17, 15) is 0 Å². The van der Waals surface area contributed by atoms with Crippen LogP contribution in [0.1, 0.15) is 31.2 Å². The van der Waals surface area contributed by atoms with Gasteiger partial charge in [-0.05, 0) is 49.8 Å². The lowest BCUT2D eigenvalue weighted by molar-refractivity contribution is -0.00909. The van der Waals surface area contributed by atoms with E-state index in [1.165, 1.54) is 31.2 Å². The molecule has 0 bridgehead atoms. The molecule has 1 aliphatic heterocycles. The van der Waals surface area contributed by atoms with Crippen LogP contribution in [0.2, 0.25) is 0 Å². The molecule has 114 valence electrons. The van der Waals surface area contributed by atoms with Crippen LogP contribution in [0.25, 0.3) is 0 Å². The Bertz CT molecular complexity index is 521. The lowest BCUT2D eigenvalue weighted by atomic mass is 9.83. The summed E-state index contributed by atoms with van der Waals surface area (Å²) >= 11 is 0. The topological polar surface area (TPSA) is 15.7 Å². The molecule has 1 aromatic rings. The fraction of sp³-hybridized carbons (Fsp3) is 0.556. The number of hydrogen-bond donors (Lipinski definition) is 0. The average Bonchev–Trinajstić information content (AvgIpc) is 2.52. The zero-order valence-corrected chi connectivity index (χ0v) is 13.4. The molecule has 0 aromatic heterocycles. The van der Waals surface area contributed by atoms with Gasteiger partial charge >= 0.3 is 0 Å². The van der Waals surface area contributed by atoms with Crippen LogP contribution in [-0.4, -0.2) is 43.8 Å². The number of ether oxygens (including phenoxy) is 1. The first kappa shape index (κ1) is 14.6. The maximum atomic E-state index is 5.26. The number of rotatable bonds is 3. The Morgan fingerprint density at radius 1 is 1.10 bits per heavy atom. The van der Waals surface area contributed by atoms with E-state index in [2.05, 4.69) is 48.4 Å². The van der Waals surface area contributed by atoms with E-state index in [0.717, 1.165) is 18.7 Å². The van der Waals surface area contributed by atoms with E-state index in [-0.39, 0.29) is 0 Å². The highest BCUT2D eigenvalue weighted by Crippen LogP contribution is 2.34. The van der Waals surface area contributed by atoms with Crippen LogP contribution in [-0.2, 0) is 6.42 Å². The van der Waals surface area contributed by atoms with Crippen LogP contribution in [0.15, 0.2) is 35.4 Å². The van der Waals surface area contributed by atoms with E-state index in [1.807, 2.05) is 0 Å². The summed E-state index contributed by atoms with van der Waals surface area (Å²) in [4.78, 5) is 0. The van der Waals surface area contributed by atoms with Crippen molar-refractivity contribution < 1.29 is 4.74 Å². The van der Waals surface area contributed by atoms with Gasteiger partial charge in [0.1, 0.15) is 5.75 Å². The van der Waals surface area contributed by atoms with Gasteiger partial charge in [-0.1, -0.05) is 23.3 Å². The van der Waals surface area contributed by atoms with Gasteiger partial charge in [0.25, 0.3) is 0 Å². The lowest BCUT2D eigenvalue weighted by Crippen LogP contribution is -2.51. The first-order valence-corrected chi connectivity index (χ1v) is 7.96. The molecule has 0 radical (unpaired) electrons. The van der Waals surface area contributed by atoms with E-state index < -0.39 is 0 Å². The molecular formula is C18H26N2O. The van der Waals surface area contributed by atoms with Gasteiger partial charge in [-0.3, -0.25) is 0 Å². The van der Waals surface area contributed by atoms with Crippen molar-refractivity contribution in [2.75, 3.05) is 27.7 Å². The molecule has 3 heteroatoms. The number of hydrazine groups is 1. The van der Waals surface area contributed by atoms with Crippen molar-refractivity contribution in [3.63, 3.8) is 0 Å². The Kier molecular flexibility index (Phi) is 4.32. The summed E-state index contributed by atoms with van der Waals surface area (Å²) in [7, 11) is 6.16. The van der Waals surface area contributed by atoms with Crippen molar-refractivity contribution in [1.82, 2.24) is 10.0 Å². The number of benzene rings is 1. The molecule has 2 aliphatic rings. The summed E-state index contributed by atoms with van der Waals surface area (Å²) in [5.41, 5.74) is 4.79. The van der Waals surface area contributed by atoms with Gasteiger partial charge in [0.05, 0.1) is 7.11 Å². The molecular weight excluding hydrogens is 260 g/mol. The van der Waals surface area contributed by atoms with Crippen molar-refractivity contribution in [2.45, 2.75) is 38.1 Å². The molecule has 1 atom stereocenters. The quantitative estimate of drug-likeness (QED) is 0.793. The third kappa shape index (κ3) is 2.99. The first-order chi connectivity index (χ1) is 10.2. The fourth-order valence-electron chi connectivity index (χ4n) is 3.67. The first-order valence-electron chi connectivity index (χ1n) is 7.96. The summed E-state index contributed by atoms with van der Waals surface area (Å²) in [6.07, 6.45) is 6.39. The normalized spacial score (nSPS) is 24.0. The van der Waals surface area contributed by atoms with Crippen molar-refractivity contribution >= 4 is 0 Å². The van der Waals surface area contributed by atoms with Crippen molar-refractivity contribution in [2.24, 2.45) is 0 Å². The Labute approximate surface area is 128 Å². The van der Waals surface area contributed by atoms with Crippen LogP contribution in [0.5, 0.6) is 5.75 Å². The second-order valence-corrected chi connectivity index (χ2v) is 6.29. The lowest BCUT2D eigenvalue weighted by Gasteiger charge is -2.44. The Morgan fingerprint density at radius 3 is 2.52 bits per heavy atom. The van der Waals surface area contributed by atoms with Gasteiger partial charge in [-0.2, -0.15) is 0 Å². The molecule has 0 spiro atoms. The fourth-order valence-corrected chi connectivity index (χ4v) is 3.67. The molecule has 1 unspecified atom stereocenters. The minimum Gasteiger partial charge on any atom is -0.497 e. The van der Waals surface area contributed by atoms with Crippen molar-refractivity contribution in [3.8, 4) is 5.75 Å². The van der Waals surface area contributed by atoms with Gasteiger partial charge < -0.3 is 4.74 Å². The van der Waals surface area contributed by atoms with Crippen LogP contribution in [0.3, 0.4) is 0 Å². The second-order valence-electron chi connectivity index (χ2n) is 6.29. The predicted octanol–water partition coefficient (Wildman–Crippen LogP) is 3.27. The van der Waals surface area contributed by atoms with E-state index in [0.29, 0.717) is 6.04 Å². The molecule has 1 aliphatic carbocycles. The largest absolute Gasteiger partial charge is 0.497 e. The Morgan fingerprint density at radius 2 is 1.81 bits per heavy atom. The smallest absolute Gasteiger partial charge is 0.118 e. The third-order valence-corrected chi connectivity index (χ3v) is 5.03. The van der Waals surface area contributed by atoms with Gasteiger partial charge in [0.2, 0.25) is 0 Å². The zero-order chi connectivity index (χ0) is 14.8. The summed E-state index contributed by atoms with van der Waals surface area (Å²) in [5.74, 6) is 0.936. The van der Waals surface area contributed by atoms with E-state index >= 15 is 0 Å². The maximum Gasteiger partial charge on any atom is 0.118 e. The molecule has 0 saturated heterocycles. The van der Waals surface area contributed by atoms with Crippen molar-refractivity contribution in [1.29, 1.82) is 0 Å². The zero-order valence-electron chi connectivity index (χ0n) is 13.4. The second kappa shape index (κ2) is 6.20. The molecule has 0 N–H and O–H groups in total. The average molecular weight is 286 g/mol. The number of likely N-dealkylation sites (N-methyl/N-ethyl adjacent to an activating group) is 2. The minimum atomic E-state index is 0.521. The van der Waals surface area contributed by atoms with Crippen LogP contribution in [0, 0.1) is 0 Å². The Hall–Kier alpha value is -1.32. The molecule has 0 saturated carbocycles. The maximum absolute atomic E-state index is 5.26. The molecule has 21 heavy (non-hydrogen) atoms. The van der Waals surface area contributed by atoms with E-state index in [4.69, 9.17) is 4.74 Å². The number of methoxy groups -OCH3 is 1. The van der Waals surface area contributed by atoms with Gasteiger partial charge in [0, 0.05) is 26.7 Å². The standard InChI is InChI=1S/C18H26N2O/c1-19-13-15-6-4-5-7-17(15)18(20(19)2)12-14-8-10-16(21-3)11-9-14/h8-11,18H,4-7,12-13H2,1-3H3. The highest BCUT2D eigenvalue weighted by Gasteiger charge is 2.31. The highest BCUT2D eigenvalue weighted by atomic mass is 16.5. The Balaban J connectivity index is 1.83. The summed E-state index contributed by atoms with van der Waals surface area (Å²) in [6.45, 7) is 1.12. The van der Waals surface area contributed by atoms with Crippen LogP contribution < -0.4 is 4.74 Å². The summed E-state index contributed by atoms with van der Waals surface area (Å²) < 4.78 is 5.26. The SMILES string of the molecule is COc1ccc(CC2C3=C(CCCC3)CN(C)N2C)cc1. The summed E-state index contributed by atoms with van der Waals surface area (Å²) in [5, 5.41) is 4.80. The van der Waals surface area contributed by atoms with Gasteiger partial charge in [-0.15, -0.1) is 0 Å². The monoisotopic (exact) mass is 286 g/mol. The van der Waals surface area contributed by atoms with Crippen LogP contribution in [0.4, 0.5) is 0 Å². The van der Waals surface area contributed by atoms with Gasteiger partial charge in [-0.25, -0.2) is 10.0 Å². The van der Waals surface area contributed by atoms with Crippen molar-refractivity contribution in [3.05, 3.63) is 41.0 Å². The minimum absolute atomic E-state index is 0.521. The molecule has 3 nitrogen and oxygen atoms in total. The third-order valence-electron chi connectivity index (χ3n) is 5.03. The highest BCUT2D eigenvalue weighted by molar-refractivity contribution is 5.32. The molecule has 1 aromatic carbocycles. The number of nitrogens with zero attached hydrogens (tertiary/aromatic N) is 2. The van der Waals surface area contributed by atoms with Crippen LogP contribution >= 0.6 is 0 Å². The summed E-state index contributed by atoms with van der Waals surface area (Å²) in [6, 6.07) is 9.05. The molecule has 0 fully saturated rings.